The molecule has 0 aromatic rings. The second kappa shape index (κ2) is 18.2. The van der Waals surface area contributed by atoms with Gasteiger partial charge < -0.3 is 87.9 Å². The summed E-state index contributed by atoms with van der Waals surface area (Å²) in [6, 6.07) is 0. The fourth-order valence-electron chi connectivity index (χ4n) is 6.17. The van der Waals surface area contributed by atoms with Gasteiger partial charge in [-0.3, -0.25) is 0 Å². The van der Waals surface area contributed by atoms with Gasteiger partial charge in [0.1, 0.15) is 73.2 Å². The summed E-state index contributed by atoms with van der Waals surface area (Å²) < 4.78 is 63.9. The molecule has 3 fully saturated rings. The molecule has 3 rings (SSSR count). The maximum atomic E-state index is 12.0. The normalized spacial score (nSPS) is 45.2. The molecule has 3 aliphatic rings. The first kappa shape index (κ1) is 41.7. The summed E-state index contributed by atoms with van der Waals surface area (Å²) in [5.74, 6) is -3.72. The van der Waals surface area contributed by atoms with Gasteiger partial charge in [-0.2, -0.15) is 0 Å². The average Bonchev–Trinajstić information content (AvgIpc) is 3.04. The van der Waals surface area contributed by atoms with Crippen molar-refractivity contribution < 1.29 is 87.9 Å². The minimum Gasteiger partial charge on any atom is -0.394 e. The van der Waals surface area contributed by atoms with Gasteiger partial charge in [0.25, 0.3) is 0 Å². The van der Waals surface area contributed by atoms with E-state index in [1.54, 1.807) is 13.8 Å². The SMILES string of the molecule is COCC1O[C@@](C)(O[C@H]2C(O)C(O)[C@H](O)O[C@H]2COC)C(OCC(C)OC)[C@@H](O)[C@@H]1O[C@]1(C)O[C@@H](COC(C)CO)[C@@H](O)C(O)C1OC. The van der Waals surface area contributed by atoms with Gasteiger partial charge in [0.15, 0.2) is 17.9 Å². The number of aliphatic hydroxyl groups excluding tert-OH is 7. The molecule has 0 aromatic carbocycles. The topological polar surface area (TPSA) is 243 Å². The van der Waals surface area contributed by atoms with Crippen LogP contribution < -0.4 is 0 Å². The standard InChI is InChI=1S/C30H56O18/c1-14(9-31)42-13-16-19(32)21(34)26(41-8)29(3,45-16)48-25-18(12-39-6)46-30(4,27(23(25)36)43-10-15(2)40-7)47-24-17(11-38-5)44-28(37)22(35)20(24)33/h14-28,31-37H,9-13H2,1-8H3/t14?,15?,16-,17-,18?,19+,20?,21?,22?,23-,24+,25+,26?,27?,28+,29-,30-/m0/s1. The van der Waals surface area contributed by atoms with Crippen LogP contribution in [0.1, 0.15) is 27.7 Å². The van der Waals surface area contributed by atoms with Crippen LogP contribution in [-0.4, -0.2) is 201 Å². The highest BCUT2D eigenvalue weighted by molar-refractivity contribution is 5.03. The molecule has 0 aliphatic carbocycles. The van der Waals surface area contributed by atoms with E-state index in [0.717, 1.165) is 0 Å². The van der Waals surface area contributed by atoms with E-state index < -0.39 is 103 Å². The Hall–Kier alpha value is -0.720. The average molecular weight is 705 g/mol. The molecular formula is C30H56O18. The van der Waals surface area contributed by atoms with Crippen molar-refractivity contribution in [3.05, 3.63) is 0 Å². The van der Waals surface area contributed by atoms with Crippen molar-refractivity contribution in [2.45, 2.75) is 131 Å². The van der Waals surface area contributed by atoms with Crippen LogP contribution in [0.4, 0.5) is 0 Å². The minimum absolute atomic E-state index is 0.0589. The van der Waals surface area contributed by atoms with Crippen LogP contribution in [0.15, 0.2) is 0 Å². The molecule has 0 saturated carbocycles. The summed E-state index contributed by atoms with van der Waals surface area (Å²) in [5.41, 5.74) is 0. The summed E-state index contributed by atoms with van der Waals surface area (Å²) in [6.07, 6.45) is -19.4. The zero-order valence-corrected chi connectivity index (χ0v) is 28.8. The van der Waals surface area contributed by atoms with Gasteiger partial charge in [-0.05, 0) is 27.7 Å². The van der Waals surface area contributed by atoms with Crippen LogP contribution in [0.3, 0.4) is 0 Å². The van der Waals surface area contributed by atoms with E-state index in [4.69, 9.17) is 52.1 Å². The zero-order valence-electron chi connectivity index (χ0n) is 28.8. The Morgan fingerprint density at radius 1 is 0.646 bits per heavy atom. The van der Waals surface area contributed by atoms with Gasteiger partial charge >= 0.3 is 0 Å². The predicted molar refractivity (Wildman–Crippen MR) is 160 cm³/mol. The monoisotopic (exact) mass is 704 g/mol. The molecule has 18 nitrogen and oxygen atoms in total. The Morgan fingerprint density at radius 3 is 1.77 bits per heavy atom. The van der Waals surface area contributed by atoms with E-state index >= 15 is 0 Å². The Bertz CT molecular complexity index is 950. The first-order chi connectivity index (χ1) is 22.6. The summed E-state index contributed by atoms with van der Waals surface area (Å²) in [4.78, 5) is 0. The molecule has 3 aliphatic heterocycles. The second-order valence-electron chi connectivity index (χ2n) is 12.7. The molecule has 18 heteroatoms. The maximum absolute atomic E-state index is 12.0. The number of rotatable bonds is 17. The van der Waals surface area contributed by atoms with Gasteiger partial charge in [-0.25, -0.2) is 0 Å². The molecule has 0 aromatic heterocycles. The van der Waals surface area contributed by atoms with Crippen LogP contribution in [-0.2, 0) is 52.1 Å². The van der Waals surface area contributed by atoms with Crippen LogP contribution in [0.2, 0.25) is 0 Å². The molecule has 0 radical (unpaired) electrons. The Labute approximate surface area is 280 Å². The van der Waals surface area contributed by atoms with Crippen LogP contribution in [0.5, 0.6) is 0 Å². The lowest BCUT2D eigenvalue weighted by Crippen LogP contribution is -2.72. The number of hydrogen-bond donors (Lipinski definition) is 7. The number of methoxy groups -OCH3 is 4. The van der Waals surface area contributed by atoms with Gasteiger partial charge in [0.05, 0.1) is 45.2 Å². The van der Waals surface area contributed by atoms with Crippen molar-refractivity contribution in [2.24, 2.45) is 0 Å². The molecule has 17 atom stereocenters. The first-order valence-corrected chi connectivity index (χ1v) is 15.9. The minimum atomic E-state index is -1.89. The van der Waals surface area contributed by atoms with E-state index in [9.17, 15) is 35.7 Å². The molecule has 7 N–H and O–H groups in total. The first-order valence-electron chi connectivity index (χ1n) is 15.9. The summed E-state index contributed by atoms with van der Waals surface area (Å²) in [6.45, 7) is 5.38. The lowest BCUT2D eigenvalue weighted by Gasteiger charge is -2.55. The molecule has 48 heavy (non-hydrogen) atoms. The van der Waals surface area contributed by atoms with Gasteiger partial charge in [0, 0.05) is 28.4 Å². The molecule has 0 bridgehead atoms. The third kappa shape index (κ3) is 9.38. The van der Waals surface area contributed by atoms with E-state index in [0.29, 0.717) is 0 Å². The highest BCUT2D eigenvalue weighted by Gasteiger charge is 2.61. The molecule has 3 heterocycles. The highest BCUT2D eigenvalue weighted by Crippen LogP contribution is 2.42. The Kier molecular flexibility index (Phi) is 15.8. The van der Waals surface area contributed by atoms with E-state index in [1.807, 2.05) is 0 Å². The summed E-state index contributed by atoms with van der Waals surface area (Å²) in [5, 5.41) is 74.8. The third-order valence-corrected chi connectivity index (χ3v) is 8.89. The summed E-state index contributed by atoms with van der Waals surface area (Å²) >= 11 is 0. The van der Waals surface area contributed by atoms with Crippen molar-refractivity contribution >= 4 is 0 Å². The predicted octanol–water partition coefficient (Wildman–Crippen LogP) is -3.37. The lowest BCUT2D eigenvalue weighted by atomic mass is 9.89. The molecule has 8 unspecified atom stereocenters. The van der Waals surface area contributed by atoms with E-state index in [2.05, 4.69) is 0 Å². The molecule has 3 saturated heterocycles. The van der Waals surface area contributed by atoms with Crippen molar-refractivity contribution in [3.63, 3.8) is 0 Å². The van der Waals surface area contributed by atoms with Crippen LogP contribution in [0, 0.1) is 0 Å². The van der Waals surface area contributed by atoms with Gasteiger partial charge in [0.2, 0.25) is 0 Å². The van der Waals surface area contributed by atoms with Gasteiger partial charge in [-0.15, -0.1) is 0 Å². The van der Waals surface area contributed by atoms with Crippen molar-refractivity contribution in [1.82, 2.24) is 0 Å². The largest absolute Gasteiger partial charge is 0.394 e. The highest BCUT2D eigenvalue weighted by atomic mass is 16.8. The van der Waals surface area contributed by atoms with Crippen molar-refractivity contribution in [2.75, 3.05) is 61.5 Å². The molecule has 284 valence electrons. The fourth-order valence-corrected chi connectivity index (χ4v) is 6.17. The quantitative estimate of drug-likeness (QED) is 0.0782. The lowest BCUT2D eigenvalue weighted by molar-refractivity contribution is -0.431. The number of hydrogen-bond acceptors (Lipinski definition) is 18. The molecule has 0 amide bonds. The van der Waals surface area contributed by atoms with E-state index in [-0.39, 0.29) is 33.0 Å². The fraction of sp³-hybridized carbons (Fsp3) is 1.00. The van der Waals surface area contributed by atoms with Crippen molar-refractivity contribution in [3.8, 4) is 0 Å². The smallest absolute Gasteiger partial charge is 0.195 e. The van der Waals surface area contributed by atoms with Crippen molar-refractivity contribution in [1.29, 1.82) is 0 Å². The summed E-state index contributed by atoms with van der Waals surface area (Å²) in [7, 11) is 5.54. The second-order valence-corrected chi connectivity index (χ2v) is 12.7. The van der Waals surface area contributed by atoms with Gasteiger partial charge in [-0.1, -0.05) is 0 Å². The van der Waals surface area contributed by atoms with E-state index in [1.165, 1.54) is 42.3 Å². The molecule has 0 spiro atoms. The molecular weight excluding hydrogens is 648 g/mol. The number of aliphatic hydroxyl groups is 7. The Morgan fingerprint density at radius 2 is 1.21 bits per heavy atom. The van der Waals surface area contributed by atoms with Crippen LogP contribution >= 0.6 is 0 Å². The third-order valence-electron chi connectivity index (χ3n) is 8.89. The maximum Gasteiger partial charge on any atom is 0.195 e. The zero-order chi connectivity index (χ0) is 36.0. The number of ether oxygens (including phenoxy) is 11. The Balaban J connectivity index is 1.99. The van der Waals surface area contributed by atoms with Crippen LogP contribution in [0.25, 0.3) is 0 Å².